The van der Waals surface area contributed by atoms with E-state index in [0.717, 1.165) is 17.5 Å². The first-order valence-corrected chi connectivity index (χ1v) is 4.63. The van der Waals surface area contributed by atoms with Crippen LogP contribution in [0.4, 0.5) is 4.39 Å². The van der Waals surface area contributed by atoms with E-state index in [2.05, 4.69) is 0 Å². The fourth-order valence-electron chi connectivity index (χ4n) is 1.22. The summed E-state index contributed by atoms with van der Waals surface area (Å²) in [4.78, 5) is 0. The Morgan fingerprint density at radius 2 is 2.07 bits per heavy atom. The smallest absolute Gasteiger partial charge is 0.123 e. The Balaban J connectivity index is 2.85. The van der Waals surface area contributed by atoms with Gasteiger partial charge >= 0.3 is 0 Å². The van der Waals surface area contributed by atoms with Gasteiger partial charge in [-0.2, -0.15) is 0 Å². The number of benzene rings is 1. The van der Waals surface area contributed by atoms with Crippen molar-refractivity contribution >= 4 is 6.08 Å². The Morgan fingerprint density at radius 1 is 1.29 bits per heavy atom. The third-order valence-electron chi connectivity index (χ3n) is 1.96. The van der Waals surface area contributed by atoms with Crippen LogP contribution in [-0.2, 0) is 6.54 Å². The van der Waals surface area contributed by atoms with E-state index in [-0.39, 0.29) is 5.82 Å². The van der Waals surface area contributed by atoms with Gasteiger partial charge < -0.3 is 11.5 Å². The monoisotopic (exact) mass is 194 g/mol. The second kappa shape index (κ2) is 5.52. The maximum atomic E-state index is 12.8. The van der Waals surface area contributed by atoms with Crippen LogP contribution in [0.1, 0.15) is 17.5 Å². The summed E-state index contributed by atoms with van der Waals surface area (Å²) < 4.78 is 12.8. The number of halogens is 1. The first kappa shape index (κ1) is 10.9. The van der Waals surface area contributed by atoms with Crippen LogP contribution in [0.3, 0.4) is 0 Å². The molecule has 1 rings (SSSR count). The first-order chi connectivity index (χ1) is 6.77. The van der Waals surface area contributed by atoms with Gasteiger partial charge in [-0.3, -0.25) is 0 Å². The highest BCUT2D eigenvalue weighted by molar-refractivity contribution is 5.53. The number of hydrogen-bond donors (Lipinski definition) is 2. The molecule has 3 heteroatoms. The molecule has 0 saturated carbocycles. The number of hydrogen-bond acceptors (Lipinski definition) is 2. The molecule has 0 aliphatic rings. The lowest BCUT2D eigenvalue weighted by atomic mass is 10.1. The van der Waals surface area contributed by atoms with Gasteiger partial charge in [0.15, 0.2) is 0 Å². The summed E-state index contributed by atoms with van der Waals surface area (Å²) in [5, 5.41) is 0. The number of rotatable bonds is 4. The Hall–Kier alpha value is -1.19. The summed E-state index contributed by atoms with van der Waals surface area (Å²) in [7, 11) is 0. The Labute approximate surface area is 83.4 Å². The van der Waals surface area contributed by atoms with E-state index in [4.69, 9.17) is 11.5 Å². The summed E-state index contributed by atoms with van der Waals surface area (Å²) in [5.41, 5.74) is 12.6. The van der Waals surface area contributed by atoms with Crippen molar-refractivity contribution < 1.29 is 4.39 Å². The molecule has 0 saturated heterocycles. The molecule has 0 aliphatic heterocycles. The predicted octanol–water partition coefficient (Wildman–Crippen LogP) is 1.65. The lowest BCUT2D eigenvalue weighted by molar-refractivity contribution is 0.625. The minimum absolute atomic E-state index is 0.249. The van der Waals surface area contributed by atoms with Crippen molar-refractivity contribution in [2.75, 3.05) is 6.54 Å². The van der Waals surface area contributed by atoms with E-state index < -0.39 is 0 Å². The highest BCUT2D eigenvalue weighted by Crippen LogP contribution is 2.12. The SMILES string of the molecule is NCCC=Cc1ccc(F)cc1CN. The van der Waals surface area contributed by atoms with Crippen molar-refractivity contribution in [2.45, 2.75) is 13.0 Å². The molecule has 0 aromatic heterocycles. The standard InChI is InChI=1S/C11H15FN2/c12-11-5-4-9(3-1-2-6-13)10(7-11)8-14/h1,3-5,7H,2,6,8,13-14H2. The first-order valence-electron chi connectivity index (χ1n) is 4.63. The van der Waals surface area contributed by atoms with E-state index in [0.29, 0.717) is 13.1 Å². The molecule has 0 aliphatic carbocycles. The van der Waals surface area contributed by atoms with Crippen LogP contribution in [-0.4, -0.2) is 6.54 Å². The predicted molar refractivity (Wildman–Crippen MR) is 57.0 cm³/mol. The molecule has 4 N–H and O–H groups in total. The van der Waals surface area contributed by atoms with E-state index >= 15 is 0 Å². The maximum absolute atomic E-state index is 12.8. The highest BCUT2D eigenvalue weighted by atomic mass is 19.1. The summed E-state index contributed by atoms with van der Waals surface area (Å²) in [5.74, 6) is -0.249. The molecule has 0 atom stereocenters. The topological polar surface area (TPSA) is 52.0 Å². The second-order valence-corrected chi connectivity index (χ2v) is 3.03. The minimum atomic E-state index is -0.249. The van der Waals surface area contributed by atoms with Gasteiger partial charge in [0, 0.05) is 6.54 Å². The van der Waals surface area contributed by atoms with Crippen LogP contribution in [0, 0.1) is 5.82 Å². The maximum Gasteiger partial charge on any atom is 0.123 e. The summed E-state index contributed by atoms with van der Waals surface area (Å²) in [6, 6.07) is 4.62. The highest BCUT2D eigenvalue weighted by Gasteiger charge is 1.98. The lowest BCUT2D eigenvalue weighted by Crippen LogP contribution is -2.00. The third-order valence-corrected chi connectivity index (χ3v) is 1.96. The van der Waals surface area contributed by atoms with E-state index in [1.807, 2.05) is 12.2 Å². The fraction of sp³-hybridized carbons (Fsp3) is 0.273. The molecule has 0 bridgehead atoms. The molecule has 0 spiro atoms. The summed E-state index contributed by atoms with van der Waals surface area (Å²) in [6.07, 6.45) is 4.71. The van der Waals surface area contributed by atoms with Crippen molar-refractivity contribution in [1.82, 2.24) is 0 Å². The molecule has 0 amide bonds. The van der Waals surface area contributed by atoms with Gasteiger partial charge in [-0.1, -0.05) is 18.2 Å². The van der Waals surface area contributed by atoms with Gasteiger partial charge in [-0.25, -0.2) is 4.39 Å². The Bertz CT molecular complexity index is 321. The van der Waals surface area contributed by atoms with E-state index in [1.54, 1.807) is 6.07 Å². The largest absolute Gasteiger partial charge is 0.330 e. The van der Waals surface area contributed by atoms with Crippen molar-refractivity contribution in [3.8, 4) is 0 Å². The van der Waals surface area contributed by atoms with Crippen LogP contribution in [0.15, 0.2) is 24.3 Å². The van der Waals surface area contributed by atoms with Crippen molar-refractivity contribution in [2.24, 2.45) is 11.5 Å². The molecular weight excluding hydrogens is 179 g/mol. The zero-order valence-corrected chi connectivity index (χ0v) is 8.04. The van der Waals surface area contributed by atoms with Crippen LogP contribution in [0.2, 0.25) is 0 Å². The molecular formula is C11H15FN2. The van der Waals surface area contributed by atoms with Gasteiger partial charge in [0.25, 0.3) is 0 Å². The zero-order valence-electron chi connectivity index (χ0n) is 8.04. The van der Waals surface area contributed by atoms with Gasteiger partial charge in [0.2, 0.25) is 0 Å². The summed E-state index contributed by atoms with van der Waals surface area (Å²) in [6.45, 7) is 0.968. The van der Waals surface area contributed by atoms with Crippen molar-refractivity contribution in [1.29, 1.82) is 0 Å². The molecule has 0 heterocycles. The average molecular weight is 194 g/mol. The van der Waals surface area contributed by atoms with Gasteiger partial charge in [0.1, 0.15) is 5.82 Å². The fourth-order valence-corrected chi connectivity index (χ4v) is 1.22. The lowest BCUT2D eigenvalue weighted by Gasteiger charge is -2.02. The van der Waals surface area contributed by atoms with Gasteiger partial charge in [-0.05, 0) is 36.2 Å². The van der Waals surface area contributed by atoms with Crippen LogP contribution >= 0.6 is 0 Å². The van der Waals surface area contributed by atoms with Crippen LogP contribution in [0.25, 0.3) is 6.08 Å². The molecule has 1 aromatic carbocycles. The number of nitrogens with two attached hydrogens (primary N) is 2. The normalized spacial score (nSPS) is 11.1. The molecule has 14 heavy (non-hydrogen) atoms. The molecule has 0 radical (unpaired) electrons. The van der Waals surface area contributed by atoms with E-state index in [9.17, 15) is 4.39 Å². The average Bonchev–Trinajstić information content (AvgIpc) is 2.20. The molecule has 2 nitrogen and oxygen atoms in total. The quantitative estimate of drug-likeness (QED) is 0.765. The molecule has 0 fully saturated rings. The summed E-state index contributed by atoms with van der Waals surface area (Å²) >= 11 is 0. The molecule has 76 valence electrons. The van der Waals surface area contributed by atoms with Crippen LogP contribution < -0.4 is 11.5 Å². The third kappa shape index (κ3) is 2.94. The van der Waals surface area contributed by atoms with Gasteiger partial charge in [-0.15, -0.1) is 0 Å². The van der Waals surface area contributed by atoms with Gasteiger partial charge in [0.05, 0.1) is 0 Å². The van der Waals surface area contributed by atoms with Crippen molar-refractivity contribution in [3.63, 3.8) is 0 Å². The van der Waals surface area contributed by atoms with Crippen LogP contribution in [0.5, 0.6) is 0 Å². The molecule has 0 unspecified atom stereocenters. The van der Waals surface area contributed by atoms with E-state index in [1.165, 1.54) is 12.1 Å². The Kier molecular flexibility index (Phi) is 4.29. The second-order valence-electron chi connectivity index (χ2n) is 3.03. The van der Waals surface area contributed by atoms with Crippen molar-refractivity contribution in [3.05, 3.63) is 41.2 Å². The minimum Gasteiger partial charge on any atom is -0.330 e. The zero-order chi connectivity index (χ0) is 10.4. The molecule has 1 aromatic rings. The Morgan fingerprint density at radius 3 is 2.71 bits per heavy atom.